The van der Waals surface area contributed by atoms with Crippen LogP contribution in [0.5, 0.6) is 0 Å². The van der Waals surface area contributed by atoms with Crippen molar-refractivity contribution in [1.82, 2.24) is 15.5 Å². The molecule has 0 radical (unpaired) electrons. The first-order chi connectivity index (χ1) is 8.83. The molecule has 6 nitrogen and oxygen atoms in total. The van der Waals surface area contributed by atoms with E-state index in [-0.39, 0.29) is 6.61 Å². The van der Waals surface area contributed by atoms with Crippen LogP contribution in [0.1, 0.15) is 32.1 Å². The van der Waals surface area contributed by atoms with Crippen molar-refractivity contribution < 1.29 is 9.52 Å². The van der Waals surface area contributed by atoms with E-state index in [2.05, 4.69) is 27.3 Å². The lowest BCUT2D eigenvalue weighted by Crippen LogP contribution is -2.34. The SMILES string of the molecule is CCCNCc1nnc(N2CCC(CO)CC2)o1. The molecule has 0 bridgehead atoms. The summed E-state index contributed by atoms with van der Waals surface area (Å²) in [5.74, 6) is 1.07. The summed E-state index contributed by atoms with van der Waals surface area (Å²) in [7, 11) is 0. The van der Waals surface area contributed by atoms with Gasteiger partial charge in [0.25, 0.3) is 0 Å². The Hall–Kier alpha value is -1.14. The first kappa shape index (κ1) is 13.3. The van der Waals surface area contributed by atoms with Gasteiger partial charge in [-0.3, -0.25) is 0 Å². The number of aromatic nitrogens is 2. The minimum absolute atomic E-state index is 0.282. The van der Waals surface area contributed by atoms with E-state index in [1.165, 1.54) is 0 Å². The maximum absolute atomic E-state index is 9.09. The van der Waals surface area contributed by atoms with Crippen molar-refractivity contribution in [2.75, 3.05) is 31.1 Å². The number of aliphatic hydroxyl groups excluding tert-OH is 1. The zero-order valence-electron chi connectivity index (χ0n) is 10.9. The number of hydrogen-bond acceptors (Lipinski definition) is 6. The third-order valence-electron chi connectivity index (χ3n) is 3.30. The second-order valence-corrected chi connectivity index (χ2v) is 4.77. The van der Waals surface area contributed by atoms with Crippen LogP contribution in [-0.4, -0.2) is 41.5 Å². The van der Waals surface area contributed by atoms with Crippen molar-refractivity contribution in [2.24, 2.45) is 5.92 Å². The quantitative estimate of drug-likeness (QED) is 0.731. The van der Waals surface area contributed by atoms with E-state index in [0.717, 1.165) is 38.9 Å². The molecule has 2 N–H and O–H groups in total. The van der Waals surface area contributed by atoms with E-state index in [9.17, 15) is 0 Å². The summed E-state index contributed by atoms with van der Waals surface area (Å²) < 4.78 is 5.62. The Kier molecular flexibility index (Phi) is 4.95. The van der Waals surface area contributed by atoms with E-state index < -0.39 is 0 Å². The van der Waals surface area contributed by atoms with Gasteiger partial charge in [0, 0.05) is 19.7 Å². The largest absolute Gasteiger partial charge is 0.407 e. The molecular weight excluding hydrogens is 232 g/mol. The fourth-order valence-corrected chi connectivity index (χ4v) is 2.12. The van der Waals surface area contributed by atoms with Gasteiger partial charge in [-0.15, -0.1) is 5.10 Å². The molecule has 6 heteroatoms. The standard InChI is InChI=1S/C12H22N4O2/c1-2-5-13-8-11-14-15-12(18-11)16-6-3-10(9-17)4-7-16/h10,13,17H,2-9H2,1H3. The van der Waals surface area contributed by atoms with Gasteiger partial charge in [0.05, 0.1) is 6.54 Å². The van der Waals surface area contributed by atoms with Crippen LogP contribution in [0.4, 0.5) is 6.01 Å². The van der Waals surface area contributed by atoms with E-state index in [1.807, 2.05) is 0 Å². The second kappa shape index (κ2) is 6.70. The van der Waals surface area contributed by atoms with Gasteiger partial charge in [-0.1, -0.05) is 12.0 Å². The molecule has 0 spiro atoms. The van der Waals surface area contributed by atoms with Crippen LogP contribution in [0, 0.1) is 5.92 Å². The summed E-state index contributed by atoms with van der Waals surface area (Å²) in [6.45, 7) is 5.76. The molecule has 1 aliphatic rings. The Morgan fingerprint density at radius 2 is 2.17 bits per heavy atom. The number of aliphatic hydroxyl groups is 1. The minimum Gasteiger partial charge on any atom is -0.407 e. The topological polar surface area (TPSA) is 74.4 Å². The molecule has 2 rings (SSSR count). The number of hydrogen-bond donors (Lipinski definition) is 2. The van der Waals surface area contributed by atoms with Crippen molar-refractivity contribution in [2.45, 2.75) is 32.7 Å². The number of piperidine rings is 1. The summed E-state index contributed by atoms with van der Waals surface area (Å²) >= 11 is 0. The number of nitrogens with one attached hydrogen (secondary N) is 1. The molecule has 0 unspecified atom stereocenters. The fourth-order valence-electron chi connectivity index (χ4n) is 2.12. The predicted octanol–water partition coefficient (Wildman–Crippen LogP) is 0.778. The van der Waals surface area contributed by atoms with Crippen molar-refractivity contribution >= 4 is 6.01 Å². The molecule has 18 heavy (non-hydrogen) atoms. The molecule has 1 aromatic rings. The Morgan fingerprint density at radius 1 is 1.39 bits per heavy atom. The number of nitrogens with zero attached hydrogens (tertiary/aromatic N) is 3. The molecule has 1 aromatic heterocycles. The zero-order valence-corrected chi connectivity index (χ0v) is 10.9. The summed E-state index contributed by atoms with van der Waals surface area (Å²) in [5.41, 5.74) is 0. The maximum atomic E-state index is 9.09. The van der Waals surface area contributed by atoms with E-state index in [4.69, 9.17) is 9.52 Å². The molecule has 0 aromatic carbocycles. The third kappa shape index (κ3) is 3.43. The highest BCUT2D eigenvalue weighted by atomic mass is 16.4. The highest BCUT2D eigenvalue weighted by molar-refractivity contribution is 5.24. The molecular formula is C12H22N4O2. The van der Waals surface area contributed by atoms with Crippen molar-refractivity contribution in [3.05, 3.63) is 5.89 Å². The van der Waals surface area contributed by atoms with Crippen LogP contribution < -0.4 is 10.2 Å². The van der Waals surface area contributed by atoms with Gasteiger partial charge in [-0.25, -0.2) is 0 Å². The van der Waals surface area contributed by atoms with E-state index in [0.29, 0.717) is 24.4 Å². The van der Waals surface area contributed by atoms with Crippen LogP contribution >= 0.6 is 0 Å². The van der Waals surface area contributed by atoms with Gasteiger partial charge in [0.1, 0.15) is 0 Å². The summed E-state index contributed by atoms with van der Waals surface area (Å²) in [5, 5.41) is 20.4. The normalized spacial score (nSPS) is 17.3. The Morgan fingerprint density at radius 3 is 2.83 bits per heavy atom. The molecule has 0 amide bonds. The predicted molar refractivity (Wildman–Crippen MR) is 68.3 cm³/mol. The average Bonchev–Trinajstić information content (AvgIpc) is 2.88. The van der Waals surface area contributed by atoms with Gasteiger partial charge in [0.2, 0.25) is 5.89 Å². The summed E-state index contributed by atoms with van der Waals surface area (Å²) in [6, 6.07) is 0.611. The monoisotopic (exact) mass is 254 g/mol. The lowest BCUT2D eigenvalue weighted by atomic mass is 9.98. The van der Waals surface area contributed by atoms with Gasteiger partial charge in [-0.05, 0) is 31.7 Å². The van der Waals surface area contributed by atoms with Crippen molar-refractivity contribution in [1.29, 1.82) is 0 Å². The first-order valence-corrected chi connectivity index (χ1v) is 6.72. The Balaban J connectivity index is 1.82. The molecule has 2 heterocycles. The van der Waals surface area contributed by atoms with Crippen LogP contribution in [0.2, 0.25) is 0 Å². The van der Waals surface area contributed by atoms with Gasteiger partial charge < -0.3 is 19.7 Å². The smallest absolute Gasteiger partial charge is 0.318 e. The maximum Gasteiger partial charge on any atom is 0.318 e. The lowest BCUT2D eigenvalue weighted by molar-refractivity contribution is 0.201. The lowest BCUT2D eigenvalue weighted by Gasteiger charge is -2.29. The fraction of sp³-hybridized carbons (Fsp3) is 0.833. The first-order valence-electron chi connectivity index (χ1n) is 6.72. The van der Waals surface area contributed by atoms with Crippen LogP contribution in [0.25, 0.3) is 0 Å². The average molecular weight is 254 g/mol. The van der Waals surface area contributed by atoms with Crippen LogP contribution in [0.3, 0.4) is 0 Å². The molecule has 0 saturated carbocycles. The van der Waals surface area contributed by atoms with Gasteiger partial charge >= 0.3 is 6.01 Å². The summed E-state index contributed by atoms with van der Waals surface area (Å²) in [4.78, 5) is 2.10. The molecule has 0 atom stereocenters. The van der Waals surface area contributed by atoms with Gasteiger partial charge in [-0.2, -0.15) is 0 Å². The highest BCUT2D eigenvalue weighted by Gasteiger charge is 2.22. The highest BCUT2D eigenvalue weighted by Crippen LogP contribution is 2.21. The molecule has 0 aliphatic carbocycles. The third-order valence-corrected chi connectivity index (χ3v) is 3.30. The second-order valence-electron chi connectivity index (χ2n) is 4.77. The number of rotatable bonds is 6. The molecule has 1 fully saturated rings. The van der Waals surface area contributed by atoms with Crippen molar-refractivity contribution in [3.63, 3.8) is 0 Å². The Labute approximate surface area is 107 Å². The van der Waals surface area contributed by atoms with Crippen LogP contribution in [0.15, 0.2) is 4.42 Å². The minimum atomic E-state index is 0.282. The van der Waals surface area contributed by atoms with Crippen LogP contribution in [-0.2, 0) is 6.54 Å². The molecule has 1 saturated heterocycles. The van der Waals surface area contributed by atoms with Gasteiger partial charge in [0.15, 0.2) is 0 Å². The van der Waals surface area contributed by atoms with E-state index >= 15 is 0 Å². The number of anilines is 1. The summed E-state index contributed by atoms with van der Waals surface area (Å²) in [6.07, 6.45) is 3.07. The van der Waals surface area contributed by atoms with Crippen molar-refractivity contribution in [3.8, 4) is 0 Å². The van der Waals surface area contributed by atoms with E-state index in [1.54, 1.807) is 0 Å². The zero-order chi connectivity index (χ0) is 12.8. The molecule has 1 aliphatic heterocycles. The Bertz CT molecular complexity index is 348. The molecule has 102 valence electrons.